The fourth-order valence-electron chi connectivity index (χ4n) is 2.81. The van der Waals surface area contributed by atoms with Crippen LogP contribution in [0.5, 0.6) is 0 Å². The van der Waals surface area contributed by atoms with Gasteiger partial charge < -0.3 is 9.80 Å². The van der Waals surface area contributed by atoms with Crippen LogP contribution in [0.4, 0.5) is 9.59 Å². The van der Waals surface area contributed by atoms with Gasteiger partial charge in [-0.1, -0.05) is 36.4 Å². The second kappa shape index (κ2) is 7.72. The molecule has 0 bridgehead atoms. The fraction of sp³-hybridized carbons (Fsp3) is 0.222. The Morgan fingerprint density at radius 2 is 0.857 bits per heavy atom. The number of nitrogens with zero attached hydrogens (tertiary/aromatic N) is 2. The number of rotatable bonds is 2. The third-order valence-corrected chi connectivity index (χ3v) is 7.58. The van der Waals surface area contributed by atoms with Gasteiger partial charge in [-0.3, -0.25) is 9.59 Å². The lowest BCUT2D eigenvalue weighted by atomic mass is 10.3. The van der Waals surface area contributed by atoms with Gasteiger partial charge in [-0.2, -0.15) is 0 Å². The lowest BCUT2D eigenvalue weighted by Gasteiger charge is -2.34. The highest BCUT2D eigenvalue weighted by molar-refractivity contribution is 8.06. The molecule has 0 spiro atoms. The van der Waals surface area contributed by atoms with E-state index in [4.69, 9.17) is 0 Å². The molecular weight excluding hydrogens is 404 g/mol. The Labute approximate surface area is 163 Å². The summed E-state index contributed by atoms with van der Waals surface area (Å²) in [5, 5.41) is -2.12. The zero-order chi connectivity index (χ0) is 20.4. The van der Waals surface area contributed by atoms with Gasteiger partial charge >= 0.3 is 10.5 Å². The van der Waals surface area contributed by atoms with Crippen molar-refractivity contribution in [2.45, 2.75) is 9.79 Å². The minimum atomic E-state index is -4.18. The van der Waals surface area contributed by atoms with Crippen LogP contribution in [0.1, 0.15) is 0 Å². The molecule has 0 saturated carbocycles. The molecule has 1 heterocycles. The van der Waals surface area contributed by atoms with Crippen molar-refractivity contribution < 1.29 is 26.4 Å². The quantitative estimate of drug-likeness (QED) is 0.730. The van der Waals surface area contributed by atoms with Crippen molar-refractivity contribution in [1.82, 2.24) is 9.80 Å². The Kier molecular flexibility index (Phi) is 5.52. The van der Waals surface area contributed by atoms with Crippen molar-refractivity contribution in [3.8, 4) is 0 Å². The largest absolute Gasteiger partial charge is 0.343 e. The van der Waals surface area contributed by atoms with E-state index in [-0.39, 0.29) is 36.0 Å². The van der Waals surface area contributed by atoms with Crippen LogP contribution in [0.3, 0.4) is 0 Å². The Morgan fingerprint density at radius 3 is 1.14 bits per heavy atom. The summed E-state index contributed by atoms with van der Waals surface area (Å²) in [6, 6.07) is 14.7. The topological polar surface area (TPSA) is 109 Å². The average Bonchev–Trinajstić information content (AvgIpc) is 2.74. The highest BCUT2D eigenvalue weighted by Crippen LogP contribution is 2.19. The molecule has 1 fully saturated rings. The molecular formula is C18H18N2O6S2. The van der Waals surface area contributed by atoms with Gasteiger partial charge in [-0.05, 0) is 24.3 Å². The number of piperazine rings is 1. The van der Waals surface area contributed by atoms with Crippen molar-refractivity contribution in [2.75, 3.05) is 26.2 Å². The number of hydrogen-bond donors (Lipinski definition) is 0. The molecule has 1 aliphatic heterocycles. The summed E-state index contributed by atoms with van der Waals surface area (Å²) in [5.41, 5.74) is 0. The van der Waals surface area contributed by atoms with E-state index in [2.05, 4.69) is 0 Å². The minimum Gasteiger partial charge on any atom is -0.326 e. The molecule has 2 aromatic rings. The number of benzene rings is 2. The van der Waals surface area contributed by atoms with Gasteiger partial charge in [0.25, 0.3) is 19.7 Å². The zero-order valence-electron chi connectivity index (χ0n) is 14.8. The van der Waals surface area contributed by atoms with Gasteiger partial charge in [0, 0.05) is 26.2 Å². The van der Waals surface area contributed by atoms with E-state index >= 15 is 0 Å². The molecule has 0 aliphatic carbocycles. The minimum absolute atomic E-state index is 0.0685. The van der Waals surface area contributed by atoms with E-state index in [1.807, 2.05) is 0 Å². The number of sulfone groups is 2. The maximum absolute atomic E-state index is 12.4. The van der Waals surface area contributed by atoms with Crippen LogP contribution in [-0.4, -0.2) is 63.3 Å². The second-order valence-corrected chi connectivity index (χ2v) is 9.79. The summed E-state index contributed by atoms with van der Waals surface area (Å²) in [6.45, 7) is -0.274. The first-order valence-electron chi connectivity index (χ1n) is 8.42. The molecule has 1 aliphatic rings. The molecule has 0 unspecified atom stereocenters. The van der Waals surface area contributed by atoms with Crippen LogP contribution in [0, 0.1) is 0 Å². The summed E-state index contributed by atoms with van der Waals surface area (Å²) in [7, 11) is -8.36. The zero-order valence-corrected chi connectivity index (χ0v) is 16.4. The monoisotopic (exact) mass is 422 g/mol. The van der Waals surface area contributed by atoms with Gasteiger partial charge in [0.05, 0.1) is 9.79 Å². The van der Waals surface area contributed by atoms with E-state index in [0.29, 0.717) is 0 Å². The molecule has 2 amide bonds. The van der Waals surface area contributed by atoms with Crippen LogP contribution in [0.2, 0.25) is 0 Å². The maximum Gasteiger partial charge on any atom is 0.343 e. The molecule has 8 nitrogen and oxygen atoms in total. The van der Waals surface area contributed by atoms with Crippen LogP contribution in [-0.2, 0) is 19.7 Å². The molecule has 0 atom stereocenters. The van der Waals surface area contributed by atoms with E-state index in [0.717, 1.165) is 9.80 Å². The van der Waals surface area contributed by atoms with Gasteiger partial charge in [0.15, 0.2) is 0 Å². The smallest absolute Gasteiger partial charge is 0.326 e. The molecule has 28 heavy (non-hydrogen) atoms. The van der Waals surface area contributed by atoms with E-state index in [1.54, 1.807) is 12.1 Å². The third-order valence-electron chi connectivity index (χ3n) is 4.36. The van der Waals surface area contributed by atoms with Crippen molar-refractivity contribution in [2.24, 2.45) is 0 Å². The van der Waals surface area contributed by atoms with Gasteiger partial charge in [0.2, 0.25) is 0 Å². The molecule has 1 saturated heterocycles. The highest BCUT2D eigenvalue weighted by Gasteiger charge is 2.36. The lowest BCUT2D eigenvalue weighted by molar-refractivity contribution is 0.165. The standard InChI is InChI=1S/C18H18N2O6S2/c21-17(27(23,24)15-7-3-1-4-8-15)19-11-13-20(14-12-19)18(22)28(25,26)16-9-5-2-6-10-16/h1-10H,11-14H2. The second-order valence-electron chi connectivity index (χ2n) is 6.14. The lowest BCUT2D eigenvalue weighted by Crippen LogP contribution is -2.52. The molecule has 0 aromatic heterocycles. The Morgan fingerprint density at radius 1 is 0.571 bits per heavy atom. The SMILES string of the molecule is O=C(N1CCN(C(=O)S(=O)(=O)c2ccccc2)CC1)S(=O)(=O)c1ccccc1. The first-order chi connectivity index (χ1) is 13.2. The first kappa shape index (κ1) is 20.0. The van der Waals surface area contributed by atoms with E-state index < -0.39 is 30.2 Å². The fourth-order valence-corrected chi connectivity index (χ4v) is 5.29. The summed E-state index contributed by atoms with van der Waals surface area (Å²) >= 11 is 0. The van der Waals surface area contributed by atoms with Crippen molar-refractivity contribution in [1.29, 1.82) is 0 Å². The summed E-state index contributed by atoms with van der Waals surface area (Å²) in [5.74, 6) is 0. The summed E-state index contributed by atoms with van der Waals surface area (Å²) in [6.07, 6.45) is 0. The molecule has 0 radical (unpaired) electrons. The van der Waals surface area contributed by atoms with Gasteiger partial charge in [-0.15, -0.1) is 0 Å². The number of carbonyl (C=O) groups is 2. The number of amides is 2. The van der Waals surface area contributed by atoms with Crippen molar-refractivity contribution in [3.63, 3.8) is 0 Å². The van der Waals surface area contributed by atoms with Gasteiger partial charge in [0.1, 0.15) is 0 Å². The van der Waals surface area contributed by atoms with Crippen molar-refractivity contribution >= 4 is 30.2 Å². The van der Waals surface area contributed by atoms with Crippen molar-refractivity contribution in [3.05, 3.63) is 60.7 Å². The molecule has 148 valence electrons. The van der Waals surface area contributed by atoms with Crippen LogP contribution in [0.25, 0.3) is 0 Å². The van der Waals surface area contributed by atoms with Crippen LogP contribution < -0.4 is 0 Å². The Hall–Kier alpha value is -2.72. The maximum atomic E-state index is 12.4. The molecule has 0 N–H and O–H groups in total. The molecule has 10 heteroatoms. The Bertz CT molecular complexity index is 986. The number of hydrogen-bond acceptors (Lipinski definition) is 6. The first-order valence-corrected chi connectivity index (χ1v) is 11.4. The Balaban J connectivity index is 1.69. The summed E-state index contributed by atoms with van der Waals surface area (Å²) < 4.78 is 49.7. The van der Waals surface area contributed by atoms with Crippen LogP contribution in [0.15, 0.2) is 70.5 Å². The summed E-state index contributed by atoms with van der Waals surface area (Å²) in [4.78, 5) is 26.9. The molecule has 3 rings (SSSR count). The third kappa shape index (κ3) is 3.78. The van der Waals surface area contributed by atoms with Crippen LogP contribution >= 0.6 is 0 Å². The molecule has 2 aromatic carbocycles. The highest BCUT2D eigenvalue weighted by atomic mass is 32.2. The predicted molar refractivity (Wildman–Crippen MR) is 101 cm³/mol. The van der Waals surface area contributed by atoms with Gasteiger partial charge in [-0.25, -0.2) is 16.8 Å². The van der Waals surface area contributed by atoms with E-state index in [9.17, 15) is 26.4 Å². The number of carbonyl (C=O) groups excluding carboxylic acids is 2. The normalized spacial score (nSPS) is 15.3. The van der Waals surface area contributed by atoms with E-state index in [1.165, 1.54) is 48.5 Å². The predicted octanol–water partition coefficient (Wildman–Crippen LogP) is 1.79. The average molecular weight is 422 g/mol.